The van der Waals surface area contributed by atoms with Gasteiger partial charge in [-0.2, -0.15) is 0 Å². The maximum atomic E-state index is 9.10. The molecule has 10 heavy (non-hydrogen) atoms. The van der Waals surface area contributed by atoms with Crippen LogP contribution in [0.2, 0.25) is 0 Å². The fourth-order valence-corrected chi connectivity index (χ4v) is 1.02. The van der Waals surface area contributed by atoms with Crippen LogP contribution in [0.3, 0.4) is 0 Å². The summed E-state index contributed by atoms with van der Waals surface area (Å²) in [4.78, 5) is 0. The van der Waals surface area contributed by atoms with E-state index in [0.717, 1.165) is 0 Å². The van der Waals surface area contributed by atoms with Crippen LogP contribution in [-0.2, 0) is 4.74 Å². The zero-order valence-electron chi connectivity index (χ0n) is 5.60. The summed E-state index contributed by atoms with van der Waals surface area (Å²) in [5.74, 6) is 0. The fourth-order valence-electron chi connectivity index (χ4n) is 1.02. The Morgan fingerprint density at radius 3 is 2.60 bits per heavy atom. The van der Waals surface area contributed by atoms with Crippen LogP contribution in [-0.4, -0.2) is 46.8 Å². The van der Waals surface area contributed by atoms with Gasteiger partial charge in [-0.05, 0) is 6.42 Å². The van der Waals surface area contributed by atoms with Crippen molar-refractivity contribution in [3.63, 3.8) is 0 Å². The van der Waals surface area contributed by atoms with Crippen molar-refractivity contribution in [1.82, 2.24) is 0 Å². The third-order valence-electron chi connectivity index (χ3n) is 1.70. The Bertz CT molecular complexity index is 106. The molecule has 0 unspecified atom stereocenters. The molecule has 4 heteroatoms. The van der Waals surface area contributed by atoms with Gasteiger partial charge in [-0.3, -0.25) is 0 Å². The van der Waals surface area contributed by atoms with Crippen LogP contribution in [0, 0.1) is 0 Å². The van der Waals surface area contributed by atoms with Crippen LogP contribution in [0.5, 0.6) is 0 Å². The van der Waals surface area contributed by atoms with Gasteiger partial charge in [-0.15, -0.1) is 0 Å². The summed E-state index contributed by atoms with van der Waals surface area (Å²) < 4.78 is 4.95. The van der Waals surface area contributed by atoms with Crippen molar-refractivity contribution >= 4 is 0 Å². The molecule has 1 aliphatic rings. The molecule has 1 saturated heterocycles. The molecular formula is C6H12O4. The first-order valence-corrected chi connectivity index (χ1v) is 3.34. The van der Waals surface area contributed by atoms with Gasteiger partial charge in [0.1, 0.15) is 12.2 Å². The fraction of sp³-hybridized carbons (Fsp3) is 1.00. The monoisotopic (exact) mass is 148 g/mol. The van der Waals surface area contributed by atoms with Gasteiger partial charge in [0.25, 0.3) is 0 Å². The van der Waals surface area contributed by atoms with E-state index in [9.17, 15) is 0 Å². The van der Waals surface area contributed by atoms with Crippen LogP contribution in [0.15, 0.2) is 0 Å². The molecule has 0 saturated carbocycles. The molecule has 0 amide bonds. The minimum Gasteiger partial charge on any atom is -0.394 e. The zero-order valence-corrected chi connectivity index (χ0v) is 5.60. The average Bonchev–Trinajstić information content (AvgIpc) is 1.95. The normalized spacial score (nSPS) is 41.7. The van der Waals surface area contributed by atoms with Gasteiger partial charge in [-0.25, -0.2) is 0 Å². The van der Waals surface area contributed by atoms with Crippen molar-refractivity contribution in [2.45, 2.75) is 24.7 Å². The van der Waals surface area contributed by atoms with Crippen LogP contribution in [0.4, 0.5) is 0 Å². The summed E-state index contributed by atoms with van der Waals surface area (Å²) in [6.07, 6.45) is -1.84. The van der Waals surface area contributed by atoms with E-state index in [1.54, 1.807) is 0 Å². The summed E-state index contributed by atoms with van der Waals surface area (Å²) in [5.41, 5.74) is 0. The summed E-state index contributed by atoms with van der Waals surface area (Å²) in [7, 11) is 0. The topological polar surface area (TPSA) is 69.9 Å². The van der Waals surface area contributed by atoms with E-state index in [1.807, 2.05) is 0 Å². The van der Waals surface area contributed by atoms with Crippen LogP contribution < -0.4 is 0 Å². The van der Waals surface area contributed by atoms with E-state index in [4.69, 9.17) is 20.1 Å². The van der Waals surface area contributed by atoms with Crippen LogP contribution >= 0.6 is 0 Å². The number of aliphatic hydroxyl groups excluding tert-OH is 3. The summed E-state index contributed by atoms with van der Waals surface area (Å²) >= 11 is 0. The largest absolute Gasteiger partial charge is 0.394 e. The average molecular weight is 148 g/mol. The molecular weight excluding hydrogens is 136 g/mol. The van der Waals surface area contributed by atoms with Gasteiger partial charge in [0.15, 0.2) is 0 Å². The van der Waals surface area contributed by atoms with E-state index in [2.05, 4.69) is 0 Å². The molecule has 1 fully saturated rings. The van der Waals surface area contributed by atoms with E-state index < -0.39 is 18.3 Å². The molecule has 3 N–H and O–H groups in total. The highest BCUT2D eigenvalue weighted by Crippen LogP contribution is 2.13. The minimum atomic E-state index is -0.932. The standard InChI is InChI=1S/C6H12O4/c7-3-5-6(9)4(8)1-2-10-5/h4-9H,1-3H2/t4-,5-,6-/m0/s1. The summed E-state index contributed by atoms with van der Waals surface area (Å²) in [5, 5.41) is 26.7. The van der Waals surface area contributed by atoms with Gasteiger partial charge in [0.2, 0.25) is 0 Å². The molecule has 1 aliphatic heterocycles. The number of rotatable bonds is 1. The van der Waals surface area contributed by atoms with E-state index in [0.29, 0.717) is 13.0 Å². The Kier molecular flexibility index (Phi) is 2.62. The van der Waals surface area contributed by atoms with Gasteiger partial charge < -0.3 is 20.1 Å². The molecule has 0 radical (unpaired) electrons. The van der Waals surface area contributed by atoms with Crippen molar-refractivity contribution in [3.8, 4) is 0 Å². The zero-order chi connectivity index (χ0) is 7.56. The second-order valence-electron chi connectivity index (χ2n) is 2.44. The van der Waals surface area contributed by atoms with Crippen LogP contribution in [0.1, 0.15) is 6.42 Å². The lowest BCUT2D eigenvalue weighted by Crippen LogP contribution is -2.46. The molecule has 3 atom stereocenters. The lowest BCUT2D eigenvalue weighted by atomic mass is 10.0. The van der Waals surface area contributed by atoms with E-state index >= 15 is 0 Å². The van der Waals surface area contributed by atoms with E-state index in [1.165, 1.54) is 0 Å². The predicted molar refractivity (Wildman–Crippen MR) is 33.5 cm³/mol. The number of hydrogen-bond donors (Lipinski definition) is 3. The first kappa shape index (κ1) is 7.94. The molecule has 0 spiro atoms. The lowest BCUT2D eigenvalue weighted by molar-refractivity contribution is -0.147. The Balaban J connectivity index is 2.42. The Morgan fingerprint density at radius 2 is 2.10 bits per heavy atom. The third-order valence-corrected chi connectivity index (χ3v) is 1.70. The van der Waals surface area contributed by atoms with Crippen molar-refractivity contribution in [3.05, 3.63) is 0 Å². The van der Waals surface area contributed by atoms with Crippen molar-refractivity contribution < 1.29 is 20.1 Å². The summed E-state index contributed by atoms with van der Waals surface area (Å²) in [6.45, 7) is 0.168. The summed E-state index contributed by atoms with van der Waals surface area (Å²) in [6, 6.07) is 0. The highest BCUT2D eigenvalue weighted by atomic mass is 16.5. The molecule has 0 aromatic rings. The van der Waals surface area contributed by atoms with Crippen LogP contribution in [0.25, 0.3) is 0 Å². The van der Waals surface area contributed by atoms with Gasteiger partial charge in [0, 0.05) is 6.61 Å². The molecule has 0 aromatic carbocycles. The van der Waals surface area contributed by atoms with Crippen molar-refractivity contribution in [1.29, 1.82) is 0 Å². The Labute approximate surface area is 59.1 Å². The quantitative estimate of drug-likeness (QED) is 0.423. The van der Waals surface area contributed by atoms with E-state index in [-0.39, 0.29) is 6.61 Å². The molecule has 0 bridgehead atoms. The van der Waals surface area contributed by atoms with Gasteiger partial charge >= 0.3 is 0 Å². The van der Waals surface area contributed by atoms with Crippen molar-refractivity contribution in [2.75, 3.05) is 13.2 Å². The first-order valence-electron chi connectivity index (χ1n) is 3.34. The maximum absolute atomic E-state index is 9.10. The SMILES string of the molecule is OC[C@@H]1OCC[C@H](O)[C@@H]1O. The Morgan fingerprint density at radius 1 is 1.40 bits per heavy atom. The molecule has 4 nitrogen and oxygen atoms in total. The van der Waals surface area contributed by atoms with Gasteiger partial charge in [-0.1, -0.05) is 0 Å². The smallest absolute Gasteiger partial charge is 0.109 e. The number of aliphatic hydroxyl groups is 3. The minimum absolute atomic E-state index is 0.238. The molecule has 60 valence electrons. The molecule has 1 rings (SSSR count). The first-order chi connectivity index (χ1) is 4.75. The highest BCUT2D eigenvalue weighted by Gasteiger charge is 2.30. The third kappa shape index (κ3) is 1.46. The lowest BCUT2D eigenvalue weighted by Gasteiger charge is -2.30. The predicted octanol–water partition coefficient (Wildman–Crippen LogP) is -1.51. The molecule has 1 heterocycles. The number of ether oxygens (including phenoxy) is 1. The second kappa shape index (κ2) is 3.30. The second-order valence-corrected chi connectivity index (χ2v) is 2.44. The molecule has 0 aliphatic carbocycles. The maximum Gasteiger partial charge on any atom is 0.109 e. The van der Waals surface area contributed by atoms with Gasteiger partial charge in [0.05, 0.1) is 12.7 Å². The Hall–Kier alpha value is -0.160. The highest BCUT2D eigenvalue weighted by molar-refractivity contribution is 4.79. The number of hydrogen-bond acceptors (Lipinski definition) is 4. The molecule has 0 aromatic heterocycles. The van der Waals surface area contributed by atoms with Crippen molar-refractivity contribution in [2.24, 2.45) is 0 Å².